The summed E-state index contributed by atoms with van der Waals surface area (Å²) in [5, 5.41) is 0. The number of nitrogens with one attached hydrogen (secondary N) is 1. The Morgan fingerprint density at radius 1 is 1.23 bits per heavy atom. The minimum atomic E-state index is -4.13. The largest absolute Gasteiger partial charge is 0.495 e. The summed E-state index contributed by atoms with van der Waals surface area (Å²) in [6, 6.07) is 8.40. The summed E-state index contributed by atoms with van der Waals surface area (Å²) in [7, 11) is -6.66. The molecule has 1 aromatic carbocycles. The van der Waals surface area contributed by atoms with E-state index in [0.29, 0.717) is 4.31 Å². The predicted octanol–water partition coefficient (Wildman–Crippen LogP) is 0.958. The molecule has 1 aliphatic rings. The quantitative estimate of drug-likeness (QED) is 0.797. The van der Waals surface area contributed by atoms with Gasteiger partial charge in [0.25, 0.3) is 10.0 Å². The third-order valence-corrected chi connectivity index (χ3v) is 6.72. The SMILES string of the molecule is COc1ccc(N2C(=O)CCS2(=O)=O)cc1S(=O)(=O)Nc1ccccn1. The van der Waals surface area contributed by atoms with Gasteiger partial charge in [-0.2, -0.15) is 0 Å². The molecule has 0 atom stereocenters. The molecule has 1 aromatic heterocycles. The normalized spacial score (nSPS) is 16.5. The molecule has 1 aliphatic heterocycles. The van der Waals surface area contributed by atoms with Crippen molar-refractivity contribution in [1.29, 1.82) is 0 Å². The maximum atomic E-state index is 12.7. The maximum absolute atomic E-state index is 12.7. The van der Waals surface area contributed by atoms with Gasteiger partial charge in [-0.25, -0.2) is 26.1 Å². The number of nitrogens with zero attached hydrogens (tertiary/aromatic N) is 2. The highest BCUT2D eigenvalue weighted by atomic mass is 32.2. The number of hydrogen-bond donors (Lipinski definition) is 1. The molecule has 0 aliphatic carbocycles. The van der Waals surface area contributed by atoms with Crippen LogP contribution >= 0.6 is 0 Å². The fourth-order valence-corrected chi connectivity index (χ4v) is 5.14. The van der Waals surface area contributed by atoms with Crippen LogP contribution in [0.5, 0.6) is 5.75 Å². The first kappa shape index (κ1) is 18.1. The van der Waals surface area contributed by atoms with Crippen molar-refractivity contribution in [1.82, 2.24) is 4.98 Å². The van der Waals surface area contributed by atoms with Crippen LogP contribution in [0.2, 0.25) is 0 Å². The van der Waals surface area contributed by atoms with Crippen LogP contribution in [-0.4, -0.2) is 40.6 Å². The monoisotopic (exact) mass is 397 g/mol. The van der Waals surface area contributed by atoms with Crippen LogP contribution in [0.15, 0.2) is 47.5 Å². The van der Waals surface area contributed by atoms with Crippen LogP contribution in [0.3, 0.4) is 0 Å². The van der Waals surface area contributed by atoms with Gasteiger partial charge in [0.05, 0.1) is 18.6 Å². The molecule has 26 heavy (non-hydrogen) atoms. The Kier molecular flexibility index (Phi) is 4.59. The van der Waals surface area contributed by atoms with Crippen molar-refractivity contribution in [3.05, 3.63) is 42.6 Å². The number of sulfonamides is 2. The number of anilines is 2. The van der Waals surface area contributed by atoms with E-state index in [4.69, 9.17) is 4.74 Å². The second-order valence-electron chi connectivity index (χ2n) is 5.38. The van der Waals surface area contributed by atoms with Crippen molar-refractivity contribution in [2.75, 3.05) is 21.9 Å². The summed E-state index contributed by atoms with van der Waals surface area (Å²) in [5.41, 5.74) is -0.0605. The number of rotatable bonds is 5. The van der Waals surface area contributed by atoms with Crippen LogP contribution < -0.4 is 13.8 Å². The molecule has 0 radical (unpaired) electrons. The summed E-state index contributed by atoms with van der Waals surface area (Å²) in [5.74, 6) is -0.839. The van der Waals surface area contributed by atoms with Crippen LogP contribution in [0, 0.1) is 0 Å². The smallest absolute Gasteiger partial charge is 0.266 e. The van der Waals surface area contributed by atoms with Gasteiger partial charge in [0, 0.05) is 12.6 Å². The third kappa shape index (κ3) is 3.35. The fourth-order valence-electron chi connectivity index (χ4n) is 2.49. The van der Waals surface area contributed by atoms with Gasteiger partial charge < -0.3 is 4.74 Å². The van der Waals surface area contributed by atoms with E-state index in [-0.39, 0.29) is 34.3 Å². The molecule has 0 bridgehead atoms. The molecule has 1 fully saturated rings. The van der Waals surface area contributed by atoms with Gasteiger partial charge in [-0.1, -0.05) is 6.07 Å². The van der Waals surface area contributed by atoms with E-state index in [0.717, 1.165) is 6.07 Å². The Morgan fingerprint density at radius 3 is 2.58 bits per heavy atom. The molecule has 9 nitrogen and oxygen atoms in total. The van der Waals surface area contributed by atoms with Gasteiger partial charge >= 0.3 is 0 Å². The molecular weight excluding hydrogens is 382 g/mol. The minimum absolute atomic E-state index is 0.00113. The zero-order valence-corrected chi connectivity index (χ0v) is 15.2. The summed E-state index contributed by atoms with van der Waals surface area (Å²) in [6.07, 6.45) is 1.27. The van der Waals surface area contributed by atoms with Crippen molar-refractivity contribution in [3.63, 3.8) is 0 Å². The number of amides is 1. The second kappa shape index (κ2) is 6.57. The lowest BCUT2D eigenvalue weighted by Gasteiger charge is -2.18. The van der Waals surface area contributed by atoms with E-state index in [2.05, 4.69) is 9.71 Å². The van der Waals surface area contributed by atoms with E-state index >= 15 is 0 Å². The third-order valence-electron chi connectivity index (χ3n) is 3.65. The topological polar surface area (TPSA) is 123 Å². The van der Waals surface area contributed by atoms with E-state index in [1.165, 1.54) is 31.5 Å². The highest BCUT2D eigenvalue weighted by molar-refractivity contribution is 7.94. The first-order chi connectivity index (χ1) is 12.2. The van der Waals surface area contributed by atoms with Crippen LogP contribution in [0.4, 0.5) is 11.5 Å². The Morgan fingerprint density at radius 2 is 2.00 bits per heavy atom. The lowest BCUT2D eigenvalue weighted by atomic mass is 10.3. The van der Waals surface area contributed by atoms with Crippen molar-refractivity contribution >= 4 is 37.5 Å². The van der Waals surface area contributed by atoms with Gasteiger partial charge in [0.2, 0.25) is 15.9 Å². The summed E-state index contributed by atoms with van der Waals surface area (Å²) in [6.45, 7) is 0. The van der Waals surface area contributed by atoms with E-state index in [1.54, 1.807) is 12.1 Å². The predicted molar refractivity (Wildman–Crippen MR) is 93.9 cm³/mol. The average Bonchev–Trinajstić information content (AvgIpc) is 2.88. The van der Waals surface area contributed by atoms with Crippen LogP contribution in [0.1, 0.15) is 6.42 Å². The molecule has 0 unspecified atom stereocenters. The Labute approximate surface area is 150 Å². The number of methoxy groups -OCH3 is 1. The van der Waals surface area contributed by atoms with Gasteiger partial charge in [-0.15, -0.1) is 0 Å². The number of aromatic nitrogens is 1. The molecule has 3 rings (SSSR count). The molecule has 2 heterocycles. The highest BCUT2D eigenvalue weighted by Crippen LogP contribution is 2.33. The first-order valence-corrected chi connectivity index (χ1v) is 10.5. The molecule has 138 valence electrons. The number of ether oxygens (including phenoxy) is 1. The lowest BCUT2D eigenvalue weighted by Crippen LogP contribution is -2.29. The van der Waals surface area contributed by atoms with Crippen molar-refractivity contribution < 1.29 is 26.4 Å². The van der Waals surface area contributed by atoms with Crippen molar-refractivity contribution in [2.24, 2.45) is 0 Å². The minimum Gasteiger partial charge on any atom is -0.495 e. The Bertz CT molecular complexity index is 1050. The molecule has 1 amide bonds. The molecule has 0 spiro atoms. The molecule has 11 heteroatoms. The molecule has 1 N–H and O–H groups in total. The number of carbonyl (C=O) groups is 1. The number of benzene rings is 1. The second-order valence-corrected chi connectivity index (χ2v) is 8.97. The molecule has 2 aromatic rings. The van der Waals surface area contributed by atoms with Gasteiger partial charge in [0.1, 0.15) is 16.5 Å². The van der Waals surface area contributed by atoms with Gasteiger partial charge in [-0.3, -0.25) is 9.52 Å². The number of hydrogen-bond acceptors (Lipinski definition) is 7. The zero-order chi connectivity index (χ0) is 18.9. The molecule has 0 saturated carbocycles. The Balaban J connectivity index is 2.08. The van der Waals surface area contributed by atoms with E-state index < -0.39 is 26.0 Å². The van der Waals surface area contributed by atoms with E-state index in [9.17, 15) is 21.6 Å². The Hall–Kier alpha value is -2.66. The zero-order valence-electron chi connectivity index (χ0n) is 13.6. The highest BCUT2D eigenvalue weighted by Gasteiger charge is 2.37. The van der Waals surface area contributed by atoms with Crippen LogP contribution in [0.25, 0.3) is 0 Å². The van der Waals surface area contributed by atoms with E-state index in [1.807, 2.05) is 0 Å². The number of carbonyl (C=O) groups excluding carboxylic acids is 1. The van der Waals surface area contributed by atoms with Gasteiger partial charge in [0.15, 0.2) is 0 Å². The lowest BCUT2D eigenvalue weighted by molar-refractivity contribution is -0.116. The van der Waals surface area contributed by atoms with Crippen LogP contribution in [-0.2, 0) is 24.8 Å². The standard InChI is InChI=1S/C15H15N3O6S2/c1-24-12-6-5-11(18-15(19)7-9-25(18,20)21)10-13(12)26(22,23)17-14-4-2-3-8-16-14/h2-6,8,10H,7,9H2,1H3,(H,16,17). The van der Waals surface area contributed by atoms with Crippen molar-refractivity contribution in [3.8, 4) is 5.75 Å². The van der Waals surface area contributed by atoms with Crippen molar-refractivity contribution in [2.45, 2.75) is 11.3 Å². The molecule has 1 saturated heterocycles. The average molecular weight is 397 g/mol. The first-order valence-electron chi connectivity index (χ1n) is 7.42. The summed E-state index contributed by atoms with van der Waals surface area (Å²) in [4.78, 5) is 15.5. The fraction of sp³-hybridized carbons (Fsp3) is 0.200. The summed E-state index contributed by atoms with van der Waals surface area (Å²) >= 11 is 0. The number of pyridine rings is 1. The van der Waals surface area contributed by atoms with Gasteiger partial charge in [-0.05, 0) is 30.3 Å². The molecular formula is C15H15N3O6S2. The maximum Gasteiger partial charge on any atom is 0.266 e. The summed E-state index contributed by atoms with van der Waals surface area (Å²) < 4.78 is 57.5.